The Morgan fingerprint density at radius 1 is 1.50 bits per heavy atom. The molecule has 10 heavy (non-hydrogen) atoms. The van der Waals surface area contributed by atoms with Gasteiger partial charge in [-0.2, -0.15) is 10.1 Å². The first kappa shape index (κ1) is 7.51. The van der Waals surface area contributed by atoms with Gasteiger partial charge in [-0.05, 0) is 0 Å². The van der Waals surface area contributed by atoms with Crippen molar-refractivity contribution in [2.24, 2.45) is 10.6 Å². The fourth-order valence-corrected chi connectivity index (χ4v) is 1.31. The zero-order chi connectivity index (χ0) is 7.78. The summed E-state index contributed by atoms with van der Waals surface area (Å²) in [4.78, 5) is 0. The van der Waals surface area contributed by atoms with E-state index >= 15 is 0 Å². The Balaban J connectivity index is 2.67. The lowest BCUT2D eigenvalue weighted by molar-refractivity contribution is -0.601. The van der Waals surface area contributed by atoms with Gasteiger partial charge in [0, 0.05) is 5.41 Å². The van der Waals surface area contributed by atoms with Crippen molar-refractivity contribution in [1.29, 1.82) is 0 Å². The predicted molar refractivity (Wildman–Crippen MR) is 39.9 cm³/mol. The molecule has 0 aromatic rings. The molecule has 1 rings (SSSR count). The second kappa shape index (κ2) is 2.22. The van der Waals surface area contributed by atoms with E-state index in [2.05, 4.69) is 31.4 Å². The van der Waals surface area contributed by atoms with Crippen molar-refractivity contribution in [3.05, 3.63) is 0 Å². The van der Waals surface area contributed by atoms with Crippen LogP contribution in [0.15, 0.2) is 5.22 Å². The molecule has 0 amide bonds. The molecule has 0 radical (unpaired) electrons. The largest absolute Gasteiger partial charge is 0.178 e. The second-order valence-corrected chi connectivity index (χ2v) is 3.92. The summed E-state index contributed by atoms with van der Waals surface area (Å²) < 4.78 is 2.00. The number of nitrogens with zero attached hydrogens (tertiary/aromatic N) is 2. The smallest absolute Gasteiger partial charge is 0.161 e. The van der Waals surface area contributed by atoms with E-state index in [0.29, 0.717) is 11.5 Å². The van der Waals surface area contributed by atoms with Crippen LogP contribution in [0.2, 0.25) is 0 Å². The molecule has 3 nitrogen and oxygen atoms in total. The molecule has 0 aliphatic carbocycles. The van der Waals surface area contributed by atoms with Gasteiger partial charge in [0.25, 0.3) is 0 Å². The standard InChI is InChI=1S/C7H15N3/c1-7(2,3)6-5-8-9-10(6)4/h6H,5H2,1-4H3/p+1. The quantitative estimate of drug-likeness (QED) is 0.502. The van der Waals surface area contributed by atoms with E-state index in [1.54, 1.807) is 0 Å². The third-order valence-electron chi connectivity index (χ3n) is 1.96. The third kappa shape index (κ3) is 1.28. The van der Waals surface area contributed by atoms with Gasteiger partial charge in [0.1, 0.15) is 6.54 Å². The van der Waals surface area contributed by atoms with E-state index in [1.165, 1.54) is 0 Å². The average Bonchev–Trinajstić information content (AvgIpc) is 2.11. The van der Waals surface area contributed by atoms with Crippen LogP contribution in [0.1, 0.15) is 20.8 Å². The van der Waals surface area contributed by atoms with Crippen LogP contribution < -0.4 is 5.43 Å². The Morgan fingerprint density at radius 3 is 2.30 bits per heavy atom. The maximum atomic E-state index is 4.07. The number of hydrogen-bond donors (Lipinski definition) is 1. The Bertz CT molecular complexity index is 155. The minimum Gasteiger partial charge on any atom is -0.178 e. The highest BCUT2D eigenvalue weighted by Gasteiger charge is 2.34. The predicted octanol–water partition coefficient (Wildman–Crippen LogP) is 1.01. The summed E-state index contributed by atoms with van der Waals surface area (Å²) in [7, 11) is 2.01. The number of likely N-dealkylation sites (N-methyl/N-ethyl adjacent to an activating group) is 1. The van der Waals surface area contributed by atoms with Crippen molar-refractivity contribution >= 4 is 0 Å². The van der Waals surface area contributed by atoms with Crippen LogP contribution in [0, 0.1) is 5.41 Å². The van der Waals surface area contributed by atoms with Crippen LogP contribution in [0.4, 0.5) is 0 Å². The summed E-state index contributed by atoms with van der Waals surface area (Å²) >= 11 is 0. The van der Waals surface area contributed by atoms with Gasteiger partial charge in [0.15, 0.2) is 6.04 Å². The van der Waals surface area contributed by atoms with Crippen LogP contribution in [0.3, 0.4) is 0 Å². The fourth-order valence-electron chi connectivity index (χ4n) is 1.31. The van der Waals surface area contributed by atoms with E-state index in [9.17, 15) is 0 Å². The van der Waals surface area contributed by atoms with E-state index in [4.69, 9.17) is 0 Å². The maximum Gasteiger partial charge on any atom is 0.161 e. The van der Waals surface area contributed by atoms with Crippen molar-refractivity contribution in [2.45, 2.75) is 26.8 Å². The van der Waals surface area contributed by atoms with Gasteiger partial charge in [0.05, 0.1) is 12.3 Å². The summed E-state index contributed by atoms with van der Waals surface area (Å²) in [6.45, 7) is 7.67. The first-order valence-corrected chi connectivity index (χ1v) is 3.68. The highest BCUT2D eigenvalue weighted by molar-refractivity contribution is 4.75. The Labute approximate surface area is 62.1 Å². The summed E-state index contributed by atoms with van der Waals surface area (Å²) in [5.41, 5.74) is 3.30. The SMILES string of the molecule is C[N+]1=NNCC1C(C)(C)C. The number of rotatable bonds is 0. The van der Waals surface area contributed by atoms with Gasteiger partial charge in [-0.3, -0.25) is 0 Å². The van der Waals surface area contributed by atoms with Crippen molar-refractivity contribution in [3.63, 3.8) is 0 Å². The fraction of sp³-hybridized carbons (Fsp3) is 1.00. The van der Waals surface area contributed by atoms with Gasteiger partial charge in [-0.25, -0.2) is 0 Å². The molecule has 1 atom stereocenters. The summed E-state index contributed by atoms with van der Waals surface area (Å²) in [6.07, 6.45) is 0. The molecule has 0 fully saturated rings. The van der Waals surface area contributed by atoms with Gasteiger partial charge in [-0.15, -0.1) is 0 Å². The molecule has 0 aromatic heterocycles. The van der Waals surface area contributed by atoms with Crippen molar-refractivity contribution in [3.8, 4) is 0 Å². The normalized spacial score (nSPS) is 26.0. The first-order chi connectivity index (χ1) is 4.52. The molecule has 1 heterocycles. The van der Waals surface area contributed by atoms with E-state index in [-0.39, 0.29) is 0 Å². The maximum absolute atomic E-state index is 4.07. The molecule has 0 bridgehead atoms. The molecule has 0 saturated heterocycles. The monoisotopic (exact) mass is 142 g/mol. The molecule has 1 aliphatic rings. The molecule has 1 aliphatic heterocycles. The minimum atomic E-state index is 0.321. The van der Waals surface area contributed by atoms with Gasteiger partial charge < -0.3 is 0 Å². The Hall–Kier alpha value is -0.600. The molecule has 1 N–H and O–H groups in total. The van der Waals surface area contributed by atoms with E-state index < -0.39 is 0 Å². The lowest BCUT2D eigenvalue weighted by Gasteiger charge is -2.21. The highest BCUT2D eigenvalue weighted by Crippen LogP contribution is 2.22. The van der Waals surface area contributed by atoms with Gasteiger partial charge in [-0.1, -0.05) is 20.8 Å². The Morgan fingerprint density at radius 2 is 2.10 bits per heavy atom. The Kier molecular flexibility index (Phi) is 1.67. The van der Waals surface area contributed by atoms with E-state index in [1.807, 2.05) is 11.7 Å². The average molecular weight is 142 g/mol. The zero-order valence-electron chi connectivity index (χ0n) is 7.18. The first-order valence-electron chi connectivity index (χ1n) is 3.68. The zero-order valence-corrected chi connectivity index (χ0v) is 7.18. The van der Waals surface area contributed by atoms with Crippen LogP contribution in [-0.2, 0) is 0 Å². The van der Waals surface area contributed by atoms with Crippen LogP contribution >= 0.6 is 0 Å². The second-order valence-electron chi connectivity index (χ2n) is 3.92. The lowest BCUT2D eigenvalue weighted by Crippen LogP contribution is -2.36. The lowest BCUT2D eigenvalue weighted by atomic mass is 9.87. The van der Waals surface area contributed by atoms with Crippen LogP contribution in [0.25, 0.3) is 0 Å². The molecule has 1 unspecified atom stereocenters. The van der Waals surface area contributed by atoms with Crippen molar-refractivity contribution in [1.82, 2.24) is 5.43 Å². The molecule has 0 aromatic carbocycles. The molecular weight excluding hydrogens is 126 g/mol. The molecular formula is C7H16N3+. The molecule has 0 spiro atoms. The molecule has 0 saturated carbocycles. The van der Waals surface area contributed by atoms with E-state index in [0.717, 1.165) is 6.54 Å². The summed E-state index contributed by atoms with van der Waals surface area (Å²) in [5.74, 6) is 0. The molecule has 3 heteroatoms. The van der Waals surface area contributed by atoms with Crippen molar-refractivity contribution < 1.29 is 4.70 Å². The van der Waals surface area contributed by atoms with Crippen LogP contribution in [-0.4, -0.2) is 24.3 Å². The van der Waals surface area contributed by atoms with Gasteiger partial charge >= 0.3 is 0 Å². The summed E-state index contributed by atoms with van der Waals surface area (Å²) in [6, 6.07) is 0.535. The summed E-state index contributed by atoms with van der Waals surface area (Å²) in [5, 5.41) is 4.07. The van der Waals surface area contributed by atoms with Crippen molar-refractivity contribution in [2.75, 3.05) is 13.6 Å². The highest BCUT2D eigenvalue weighted by atomic mass is 15.5. The van der Waals surface area contributed by atoms with Gasteiger partial charge in [0.2, 0.25) is 0 Å². The third-order valence-corrected chi connectivity index (χ3v) is 1.96. The number of nitrogens with one attached hydrogen (secondary N) is 1. The topological polar surface area (TPSA) is 27.4 Å². The van der Waals surface area contributed by atoms with Crippen LogP contribution in [0.5, 0.6) is 0 Å². The number of hydrogen-bond acceptors (Lipinski definition) is 2. The molecule has 58 valence electrons. The minimum absolute atomic E-state index is 0.321.